The summed E-state index contributed by atoms with van der Waals surface area (Å²) in [6.07, 6.45) is 8.37. The van der Waals surface area contributed by atoms with Crippen LogP contribution in [0.4, 0.5) is 0 Å². The van der Waals surface area contributed by atoms with E-state index in [-0.39, 0.29) is 5.54 Å². The van der Waals surface area contributed by atoms with Gasteiger partial charge in [-0.2, -0.15) is 0 Å². The van der Waals surface area contributed by atoms with Crippen LogP contribution in [0.5, 0.6) is 0 Å². The topological polar surface area (TPSA) is 50.1 Å². The Morgan fingerprint density at radius 3 is 2.36 bits per heavy atom. The summed E-state index contributed by atoms with van der Waals surface area (Å²) in [4.78, 5) is 0. The van der Waals surface area contributed by atoms with Gasteiger partial charge in [-0.15, -0.1) is 0 Å². The first-order valence-corrected chi connectivity index (χ1v) is 6.03. The first-order valence-electron chi connectivity index (χ1n) is 6.03. The third-order valence-corrected chi connectivity index (χ3v) is 4.01. The second-order valence-electron chi connectivity index (χ2n) is 4.83. The lowest BCUT2D eigenvalue weighted by atomic mass is 9.79. The van der Waals surface area contributed by atoms with Crippen molar-refractivity contribution in [1.29, 1.82) is 0 Å². The van der Waals surface area contributed by atoms with Crippen LogP contribution in [-0.4, -0.2) is 25.3 Å². The summed E-state index contributed by atoms with van der Waals surface area (Å²) >= 11 is 0. The Morgan fingerprint density at radius 2 is 1.86 bits per heavy atom. The van der Waals surface area contributed by atoms with Gasteiger partial charge in [-0.1, -0.05) is 25.7 Å². The molecule has 3 heteroatoms. The van der Waals surface area contributed by atoms with Crippen molar-refractivity contribution in [3.05, 3.63) is 0 Å². The second kappa shape index (κ2) is 4.60. The highest BCUT2D eigenvalue weighted by atomic mass is 15.2. The van der Waals surface area contributed by atoms with E-state index < -0.39 is 0 Å². The van der Waals surface area contributed by atoms with Gasteiger partial charge in [-0.05, 0) is 18.8 Å². The fourth-order valence-electron chi connectivity index (χ4n) is 3.02. The van der Waals surface area contributed by atoms with Crippen LogP contribution in [0.1, 0.15) is 38.5 Å². The number of rotatable bonds is 2. The van der Waals surface area contributed by atoms with Crippen molar-refractivity contribution in [1.82, 2.24) is 10.6 Å². The van der Waals surface area contributed by atoms with Crippen LogP contribution in [0.2, 0.25) is 0 Å². The van der Waals surface area contributed by atoms with Gasteiger partial charge in [0.15, 0.2) is 0 Å². The Kier molecular flexibility index (Phi) is 3.42. The van der Waals surface area contributed by atoms with E-state index in [4.69, 9.17) is 5.73 Å². The minimum Gasteiger partial charge on any atom is -0.329 e. The first kappa shape index (κ1) is 10.4. The Balaban J connectivity index is 2.01. The van der Waals surface area contributed by atoms with Gasteiger partial charge in [0.1, 0.15) is 0 Å². The van der Waals surface area contributed by atoms with Crippen molar-refractivity contribution in [2.24, 2.45) is 11.7 Å². The molecule has 0 aromatic carbocycles. The lowest BCUT2D eigenvalue weighted by Crippen LogP contribution is -2.55. The number of nitrogens with two attached hydrogens (primary N) is 1. The van der Waals surface area contributed by atoms with Crippen LogP contribution < -0.4 is 16.4 Å². The molecule has 0 aromatic heterocycles. The van der Waals surface area contributed by atoms with E-state index in [0.29, 0.717) is 0 Å². The summed E-state index contributed by atoms with van der Waals surface area (Å²) in [6.45, 7) is 2.78. The molecule has 0 radical (unpaired) electrons. The second-order valence-corrected chi connectivity index (χ2v) is 4.83. The van der Waals surface area contributed by atoms with E-state index >= 15 is 0 Å². The third kappa shape index (κ3) is 1.95. The molecule has 1 heterocycles. The number of hydrogen-bond donors (Lipinski definition) is 3. The van der Waals surface area contributed by atoms with Crippen LogP contribution in [0.15, 0.2) is 0 Å². The van der Waals surface area contributed by atoms with Crippen LogP contribution >= 0.6 is 0 Å². The van der Waals surface area contributed by atoms with Crippen LogP contribution in [-0.2, 0) is 0 Å². The summed E-state index contributed by atoms with van der Waals surface area (Å²) in [6, 6.07) is 0. The quantitative estimate of drug-likeness (QED) is 0.574. The highest BCUT2D eigenvalue weighted by Gasteiger charge is 2.39. The van der Waals surface area contributed by atoms with Crippen molar-refractivity contribution < 1.29 is 0 Å². The summed E-state index contributed by atoms with van der Waals surface area (Å²) < 4.78 is 0. The fourth-order valence-corrected chi connectivity index (χ4v) is 3.02. The lowest BCUT2D eigenvalue weighted by molar-refractivity contribution is 0.235. The molecule has 1 unspecified atom stereocenters. The molecule has 82 valence electrons. The van der Waals surface area contributed by atoms with Crippen molar-refractivity contribution in [2.75, 3.05) is 19.8 Å². The molecule has 2 rings (SSSR count). The maximum atomic E-state index is 5.95. The van der Waals surface area contributed by atoms with Crippen LogP contribution in [0, 0.1) is 5.92 Å². The van der Waals surface area contributed by atoms with Gasteiger partial charge < -0.3 is 11.1 Å². The monoisotopic (exact) mass is 197 g/mol. The highest BCUT2D eigenvalue weighted by molar-refractivity contribution is 5.00. The molecule has 4 N–H and O–H groups in total. The normalized spacial score (nSPS) is 35.8. The van der Waals surface area contributed by atoms with E-state index in [1.54, 1.807) is 0 Å². The molecule has 1 aliphatic carbocycles. The SMILES string of the molecule is NCC1(C2CCCCCC2)CNCN1. The van der Waals surface area contributed by atoms with Gasteiger partial charge in [-0.25, -0.2) is 0 Å². The van der Waals surface area contributed by atoms with Gasteiger partial charge in [-0.3, -0.25) is 5.32 Å². The molecule has 1 aliphatic heterocycles. The summed E-state index contributed by atoms with van der Waals surface area (Å²) in [5.74, 6) is 0.796. The van der Waals surface area contributed by atoms with Crippen molar-refractivity contribution in [3.63, 3.8) is 0 Å². The molecule has 14 heavy (non-hydrogen) atoms. The molecule has 2 fully saturated rings. The summed E-state index contributed by atoms with van der Waals surface area (Å²) in [5, 5.41) is 6.97. The fraction of sp³-hybridized carbons (Fsp3) is 1.00. The molecule has 2 aliphatic rings. The Hall–Kier alpha value is -0.120. The summed E-state index contributed by atoms with van der Waals surface area (Å²) in [7, 11) is 0. The largest absolute Gasteiger partial charge is 0.329 e. The number of hydrogen-bond acceptors (Lipinski definition) is 3. The maximum Gasteiger partial charge on any atom is 0.0468 e. The van der Waals surface area contributed by atoms with Gasteiger partial charge in [0.05, 0.1) is 0 Å². The van der Waals surface area contributed by atoms with Gasteiger partial charge in [0, 0.05) is 25.3 Å². The average molecular weight is 197 g/mol. The van der Waals surface area contributed by atoms with E-state index in [1.807, 2.05) is 0 Å². The molecular formula is C11H23N3. The van der Waals surface area contributed by atoms with Crippen molar-refractivity contribution in [3.8, 4) is 0 Å². The van der Waals surface area contributed by atoms with E-state index in [2.05, 4.69) is 10.6 Å². The molecular weight excluding hydrogens is 174 g/mol. The van der Waals surface area contributed by atoms with Gasteiger partial charge >= 0.3 is 0 Å². The van der Waals surface area contributed by atoms with Crippen LogP contribution in [0.25, 0.3) is 0 Å². The zero-order chi connectivity index (χ0) is 9.86. The standard InChI is InChI=1S/C11H23N3/c12-7-11(8-13-9-14-11)10-5-3-1-2-4-6-10/h10,13-14H,1-9,12H2. The number of nitrogens with one attached hydrogen (secondary N) is 2. The predicted molar refractivity (Wildman–Crippen MR) is 59.0 cm³/mol. The minimum atomic E-state index is 0.213. The zero-order valence-electron chi connectivity index (χ0n) is 9.02. The smallest absolute Gasteiger partial charge is 0.0468 e. The molecule has 1 saturated carbocycles. The van der Waals surface area contributed by atoms with E-state index in [9.17, 15) is 0 Å². The van der Waals surface area contributed by atoms with Gasteiger partial charge in [0.25, 0.3) is 0 Å². The molecule has 3 nitrogen and oxygen atoms in total. The maximum absolute atomic E-state index is 5.95. The summed E-state index contributed by atoms with van der Waals surface area (Å²) in [5.41, 5.74) is 6.16. The first-order chi connectivity index (χ1) is 6.87. The molecule has 1 saturated heterocycles. The molecule has 1 atom stereocenters. The van der Waals surface area contributed by atoms with Gasteiger partial charge in [0.2, 0.25) is 0 Å². The van der Waals surface area contributed by atoms with E-state index in [1.165, 1.54) is 38.5 Å². The molecule has 0 aromatic rings. The Morgan fingerprint density at radius 1 is 1.14 bits per heavy atom. The van der Waals surface area contributed by atoms with Crippen molar-refractivity contribution in [2.45, 2.75) is 44.1 Å². The highest BCUT2D eigenvalue weighted by Crippen LogP contribution is 2.32. The average Bonchev–Trinajstić information content (AvgIpc) is 2.54. The minimum absolute atomic E-state index is 0.213. The Bertz CT molecular complexity index is 167. The molecule has 0 amide bonds. The lowest BCUT2D eigenvalue weighted by Gasteiger charge is -2.35. The molecule has 0 spiro atoms. The third-order valence-electron chi connectivity index (χ3n) is 4.01. The predicted octanol–water partition coefficient (Wildman–Crippen LogP) is 0.805. The van der Waals surface area contributed by atoms with Crippen LogP contribution in [0.3, 0.4) is 0 Å². The van der Waals surface area contributed by atoms with Crippen molar-refractivity contribution >= 4 is 0 Å². The Labute approximate surface area is 86.8 Å². The zero-order valence-corrected chi connectivity index (χ0v) is 9.02. The molecule has 0 bridgehead atoms. The van der Waals surface area contributed by atoms with E-state index in [0.717, 1.165) is 25.7 Å².